The van der Waals surface area contributed by atoms with Crippen molar-refractivity contribution in [2.75, 3.05) is 0 Å². The average Bonchev–Trinajstić information content (AvgIpc) is 2.41. The first-order chi connectivity index (χ1) is 5.61. The van der Waals surface area contributed by atoms with Crippen molar-refractivity contribution in [3.8, 4) is 0 Å². The van der Waals surface area contributed by atoms with Gasteiger partial charge >= 0.3 is 0 Å². The number of thiophene rings is 1. The van der Waals surface area contributed by atoms with Gasteiger partial charge in [0.25, 0.3) is 0 Å². The van der Waals surface area contributed by atoms with E-state index >= 15 is 0 Å². The van der Waals surface area contributed by atoms with E-state index < -0.39 is 0 Å². The summed E-state index contributed by atoms with van der Waals surface area (Å²) < 4.78 is 0.463. The molecule has 1 unspecified atom stereocenters. The van der Waals surface area contributed by atoms with Crippen LogP contribution in [0.25, 0.3) is 0 Å². The Morgan fingerprint density at radius 1 is 1.50 bits per heavy atom. The fraction of sp³-hybridized carbons (Fsp3) is 0.286. The van der Waals surface area contributed by atoms with Gasteiger partial charge in [0.15, 0.2) is 5.78 Å². The topological polar surface area (TPSA) is 43.1 Å². The van der Waals surface area contributed by atoms with E-state index in [9.17, 15) is 4.79 Å². The molecule has 0 saturated heterocycles. The number of halogens is 2. The zero-order valence-electron chi connectivity index (χ0n) is 5.93. The third-order valence-electron chi connectivity index (χ3n) is 1.86. The Bertz CT molecular complexity index is 361. The molecule has 0 spiro atoms. The molecular formula is C7H5Cl2NOS. The molecule has 1 aliphatic carbocycles. The second-order valence-corrected chi connectivity index (χ2v) is 4.70. The minimum atomic E-state index is -0.206. The molecule has 5 heteroatoms. The van der Waals surface area contributed by atoms with Crippen LogP contribution in [-0.2, 0) is 0 Å². The molecule has 1 aliphatic rings. The first kappa shape index (κ1) is 8.51. The molecule has 64 valence electrons. The molecular weight excluding hydrogens is 217 g/mol. The van der Waals surface area contributed by atoms with E-state index in [0.29, 0.717) is 21.3 Å². The van der Waals surface area contributed by atoms with Crippen molar-refractivity contribution < 1.29 is 4.79 Å². The lowest BCUT2D eigenvalue weighted by Crippen LogP contribution is -2.04. The number of rotatable bonds is 0. The Hall–Kier alpha value is -0.0900. The van der Waals surface area contributed by atoms with E-state index in [2.05, 4.69) is 0 Å². The fourth-order valence-electron chi connectivity index (χ4n) is 1.31. The normalized spacial score (nSPS) is 21.6. The number of fused-ring (bicyclic) bond motifs is 1. The van der Waals surface area contributed by atoms with Crippen LogP contribution in [0.4, 0.5) is 0 Å². The molecule has 0 bridgehead atoms. The molecule has 2 N–H and O–H groups in total. The lowest BCUT2D eigenvalue weighted by molar-refractivity contribution is 0.0989. The lowest BCUT2D eigenvalue weighted by Gasteiger charge is -1.95. The molecule has 1 aromatic heterocycles. The van der Waals surface area contributed by atoms with Crippen LogP contribution in [0.15, 0.2) is 0 Å². The zero-order chi connectivity index (χ0) is 8.88. The SMILES string of the molecule is NC1CC(=O)c2c1sc(Cl)c2Cl. The van der Waals surface area contributed by atoms with E-state index in [1.165, 1.54) is 11.3 Å². The number of nitrogens with two attached hydrogens (primary N) is 1. The van der Waals surface area contributed by atoms with Gasteiger partial charge in [0.05, 0.1) is 10.6 Å². The molecule has 2 rings (SSSR count). The highest BCUT2D eigenvalue weighted by Gasteiger charge is 2.32. The summed E-state index contributed by atoms with van der Waals surface area (Å²) in [6.45, 7) is 0. The van der Waals surface area contributed by atoms with Crippen molar-refractivity contribution in [3.05, 3.63) is 19.8 Å². The Morgan fingerprint density at radius 2 is 2.17 bits per heavy atom. The Balaban J connectivity index is 2.67. The monoisotopic (exact) mass is 221 g/mol. The van der Waals surface area contributed by atoms with Crippen LogP contribution < -0.4 is 5.73 Å². The number of hydrogen-bond acceptors (Lipinski definition) is 3. The van der Waals surface area contributed by atoms with Gasteiger partial charge in [0.2, 0.25) is 0 Å². The molecule has 0 fully saturated rings. The fourth-order valence-corrected chi connectivity index (χ4v) is 2.97. The van der Waals surface area contributed by atoms with Crippen molar-refractivity contribution >= 4 is 40.3 Å². The minimum Gasteiger partial charge on any atom is -0.323 e. The van der Waals surface area contributed by atoms with Crippen LogP contribution in [0.3, 0.4) is 0 Å². The smallest absolute Gasteiger partial charge is 0.167 e. The van der Waals surface area contributed by atoms with Crippen molar-refractivity contribution in [1.82, 2.24) is 0 Å². The lowest BCUT2D eigenvalue weighted by atomic mass is 10.2. The number of hydrogen-bond donors (Lipinski definition) is 1. The number of ketones is 1. The third kappa shape index (κ3) is 1.01. The van der Waals surface area contributed by atoms with Gasteiger partial charge in [-0.3, -0.25) is 4.79 Å². The molecule has 1 atom stereocenters. The number of Topliss-reactive ketones (excluding diaryl/α,β-unsaturated/α-hetero) is 1. The van der Waals surface area contributed by atoms with E-state index in [-0.39, 0.29) is 11.8 Å². The summed E-state index contributed by atoms with van der Waals surface area (Å²) >= 11 is 12.9. The largest absolute Gasteiger partial charge is 0.323 e. The minimum absolute atomic E-state index is 0.00523. The molecule has 0 aliphatic heterocycles. The molecule has 0 saturated carbocycles. The molecule has 2 nitrogen and oxygen atoms in total. The number of carbonyl (C=O) groups is 1. The predicted molar refractivity (Wildman–Crippen MR) is 50.2 cm³/mol. The maximum atomic E-state index is 11.3. The van der Waals surface area contributed by atoms with Crippen LogP contribution in [-0.4, -0.2) is 5.78 Å². The summed E-state index contributed by atoms with van der Waals surface area (Å²) in [6, 6.07) is -0.206. The van der Waals surface area contributed by atoms with E-state index in [1.54, 1.807) is 0 Å². The van der Waals surface area contributed by atoms with Crippen molar-refractivity contribution in [1.29, 1.82) is 0 Å². The standard InChI is InChI=1S/C7H5Cl2NOS/c8-5-4-3(11)1-2(10)6(4)12-7(5)9/h2H,1,10H2. The van der Waals surface area contributed by atoms with Gasteiger partial charge in [-0.1, -0.05) is 23.2 Å². The maximum Gasteiger partial charge on any atom is 0.167 e. The van der Waals surface area contributed by atoms with Gasteiger partial charge < -0.3 is 5.73 Å². The Kier molecular flexibility index (Phi) is 1.92. The van der Waals surface area contributed by atoms with Gasteiger partial charge in [0, 0.05) is 17.3 Å². The Morgan fingerprint density at radius 3 is 2.75 bits per heavy atom. The van der Waals surface area contributed by atoms with Crippen LogP contribution >= 0.6 is 34.5 Å². The molecule has 0 amide bonds. The summed E-state index contributed by atoms with van der Waals surface area (Å²) in [6.07, 6.45) is 0.359. The van der Waals surface area contributed by atoms with Gasteiger partial charge in [-0.2, -0.15) is 0 Å². The zero-order valence-corrected chi connectivity index (χ0v) is 8.26. The quantitative estimate of drug-likeness (QED) is 0.733. The van der Waals surface area contributed by atoms with Crippen LogP contribution in [0.2, 0.25) is 9.36 Å². The molecule has 1 aromatic rings. The second-order valence-electron chi connectivity index (χ2n) is 2.66. The van der Waals surface area contributed by atoms with Gasteiger partial charge in [-0.25, -0.2) is 0 Å². The molecule has 1 heterocycles. The van der Waals surface area contributed by atoms with Gasteiger partial charge in [-0.05, 0) is 0 Å². The van der Waals surface area contributed by atoms with Crippen molar-refractivity contribution in [2.45, 2.75) is 12.5 Å². The second kappa shape index (κ2) is 2.70. The highest BCUT2D eigenvalue weighted by molar-refractivity contribution is 7.17. The number of carbonyl (C=O) groups excluding carboxylic acids is 1. The van der Waals surface area contributed by atoms with E-state index in [4.69, 9.17) is 28.9 Å². The highest BCUT2D eigenvalue weighted by Crippen LogP contribution is 2.44. The predicted octanol–water partition coefficient (Wildman–Crippen LogP) is 2.64. The first-order valence-electron chi connectivity index (χ1n) is 3.37. The molecule has 12 heavy (non-hydrogen) atoms. The van der Waals surface area contributed by atoms with Crippen LogP contribution in [0, 0.1) is 0 Å². The van der Waals surface area contributed by atoms with Gasteiger partial charge in [0.1, 0.15) is 4.34 Å². The van der Waals surface area contributed by atoms with E-state index in [0.717, 1.165) is 4.88 Å². The van der Waals surface area contributed by atoms with E-state index in [1.807, 2.05) is 0 Å². The van der Waals surface area contributed by atoms with Crippen molar-refractivity contribution in [3.63, 3.8) is 0 Å². The maximum absolute atomic E-state index is 11.3. The summed E-state index contributed by atoms with van der Waals surface area (Å²) in [5, 5.41) is 0.370. The third-order valence-corrected chi connectivity index (χ3v) is 3.98. The average molecular weight is 222 g/mol. The van der Waals surface area contributed by atoms with Gasteiger partial charge in [-0.15, -0.1) is 11.3 Å². The van der Waals surface area contributed by atoms with Crippen LogP contribution in [0.5, 0.6) is 0 Å². The van der Waals surface area contributed by atoms with Crippen molar-refractivity contribution in [2.24, 2.45) is 5.73 Å². The first-order valence-corrected chi connectivity index (χ1v) is 4.95. The summed E-state index contributed by atoms with van der Waals surface area (Å²) in [4.78, 5) is 12.1. The van der Waals surface area contributed by atoms with Crippen LogP contribution in [0.1, 0.15) is 27.7 Å². The molecule has 0 aromatic carbocycles. The Labute approximate surface area is 83.3 Å². The molecule has 0 radical (unpaired) electrons. The highest BCUT2D eigenvalue weighted by atomic mass is 35.5. The summed E-state index contributed by atoms with van der Waals surface area (Å²) in [5.41, 5.74) is 6.23. The summed E-state index contributed by atoms with van der Waals surface area (Å²) in [5.74, 6) is 0.00523. The summed E-state index contributed by atoms with van der Waals surface area (Å²) in [7, 11) is 0.